The molecular weight excluding hydrogens is 316 g/mol. The van der Waals surface area contributed by atoms with Crippen molar-refractivity contribution in [2.75, 3.05) is 7.11 Å². The van der Waals surface area contributed by atoms with E-state index in [0.29, 0.717) is 16.8 Å². The second-order valence-electron chi connectivity index (χ2n) is 4.93. The third-order valence-electron chi connectivity index (χ3n) is 3.27. The average Bonchev–Trinajstić information content (AvgIpc) is 3.03. The summed E-state index contributed by atoms with van der Waals surface area (Å²) in [6.45, 7) is 2.12. The van der Waals surface area contributed by atoms with Crippen molar-refractivity contribution in [1.29, 1.82) is 0 Å². The molecule has 3 aromatic rings. The summed E-state index contributed by atoms with van der Waals surface area (Å²) in [5.41, 5.74) is 1.75. The zero-order valence-electron chi connectivity index (χ0n) is 12.7. The fraction of sp³-hybridized carbons (Fsp3) is 0.176. The molecule has 23 heavy (non-hydrogen) atoms. The van der Waals surface area contributed by atoms with Crippen molar-refractivity contribution in [3.05, 3.63) is 58.9 Å². The van der Waals surface area contributed by atoms with Gasteiger partial charge in [0.1, 0.15) is 11.5 Å². The molecule has 0 spiro atoms. The van der Waals surface area contributed by atoms with Gasteiger partial charge in [-0.15, -0.1) is 10.2 Å². The Morgan fingerprint density at radius 1 is 1.13 bits per heavy atom. The Labute approximate surface area is 138 Å². The van der Waals surface area contributed by atoms with E-state index in [1.165, 1.54) is 0 Å². The fourth-order valence-electron chi connectivity index (χ4n) is 2.10. The molecule has 5 nitrogen and oxygen atoms in total. The van der Waals surface area contributed by atoms with Crippen LogP contribution in [0.2, 0.25) is 5.02 Å². The van der Waals surface area contributed by atoms with Gasteiger partial charge in [-0.25, -0.2) is 0 Å². The van der Waals surface area contributed by atoms with Crippen LogP contribution in [-0.2, 0) is 6.61 Å². The van der Waals surface area contributed by atoms with Gasteiger partial charge in [-0.05, 0) is 48.9 Å². The van der Waals surface area contributed by atoms with Crippen LogP contribution >= 0.6 is 11.6 Å². The summed E-state index contributed by atoms with van der Waals surface area (Å²) in [7, 11) is 1.61. The highest BCUT2D eigenvalue weighted by Crippen LogP contribution is 2.25. The van der Waals surface area contributed by atoms with E-state index < -0.39 is 0 Å². The number of rotatable bonds is 5. The van der Waals surface area contributed by atoms with E-state index in [-0.39, 0.29) is 6.61 Å². The number of hydrogen-bond acceptors (Lipinski definition) is 5. The minimum Gasteiger partial charge on any atom is -0.497 e. The number of benzene rings is 2. The minimum atomic E-state index is 0.194. The van der Waals surface area contributed by atoms with Gasteiger partial charge in [0, 0.05) is 10.6 Å². The molecule has 0 fully saturated rings. The molecule has 0 N–H and O–H groups in total. The van der Waals surface area contributed by atoms with Crippen LogP contribution in [0.3, 0.4) is 0 Å². The lowest BCUT2D eigenvalue weighted by Crippen LogP contribution is -1.97. The first kappa shape index (κ1) is 15.4. The molecule has 0 aliphatic heterocycles. The molecule has 0 aliphatic carbocycles. The second kappa shape index (κ2) is 6.71. The summed E-state index contributed by atoms with van der Waals surface area (Å²) in [6.07, 6.45) is 0. The number of nitrogens with zero attached hydrogens (tertiary/aromatic N) is 2. The lowest BCUT2D eigenvalue weighted by atomic mass is 10.2. The highest BCUT2D eigenvalue weighted by Gasteiger charge is 2.10. The number of hydrogen-bond donors (Lipinski definition) is 0. The first-order chi connectivity index (χ1) is 11.2. The fourth-order valence-corrected chi connectivity index (χ4v) is 2.33. The van der Waals surface area contributed by atoms with E-state index in [2.05, 4.69) is 10.2 Å². The number of aryl methyl sites for hydroxylation is 1. The second-order valence-corrected chi connectivity index (χ2v) is 5.37. The van der Waals surface area contributed by atoms with Crippen LogP contribution in [0.15, 0.2) is 46.9 Å². The molecule has 0 bridgehead atoms. The van der Waals surface area contributed by atoms with Gasteiger partial charge < -0.3 is 13.9 Å². The van der Waals surface area contributed by atoms with Crippen molar-refractivity contribution in [3.63, 3.8) is 0 Å². The van der Waals surface area contributed by atoms with Crippen molar-refractivity contribution < 1.29 is 13.9 Å². The van der Waals surface area contributed by atoms with Gasteiger partial charge in [-0.1, -0.05) is 17.7 Å². The van der Waals surface area contributed by atoms with Crippen LogP contribution in [0.4, 0.5) is 0 Å². The van der Waals surface area contributed by atoms with Crippen molar-refractivity contribution in [3.8, 4) is 23.0 Å². The SMILES string of the molecule is COc1cccc(-c2nnc(COc3ccc(Cl)cc3C)o2)c1. The molecular formula is C17H15ClN2O3. The summed E-state index contributed by atoms with van der Waals surface area (Å²) in [5.74, 6) is 2.29. The molecule has 2 aromatic carbocycles. The zero-order valence-corrected chi connectivity index (χ0v) is 13.5. The number of halogens is 1. The van der Waals surface area contributed by atoms with Crippen LogP contribution in [0.25, 0.3) is 11.5 Å². The monoisotopic (exact) mass is 330 g/mol. The number of methoxy groups -OCH3 is 1. The predicted octanol–water partition coefficient (Wildman–Crippen LogP) is 4.29. The molecule has 3 rings (SSSR count). The van der Waals surface area contributed by atoms with Gasteiger partial charge in [0.2, 0.25) is 5.89 Å². The summed E-state index contributed by atoms with van der Waals surface area (Å²) in [5, 5.41) is 8.71. The minimum absolute atomic E-state index is 0.194. The van der Waals surface area contributed by atoms with E-state index in [4.69, 9.17) is 25.5 Å². The van der Waals surface area contributed by atoms with Gasteiger partial charge in [0.25, 0.3) is 5.89 Å². The highest BCUT2D eigenvalue weighted by atomic mass is 35.5. The first-order valence-electron chi connectivity index (χ1n) is 7.01. The standard InChI is InChI=1S/C17H15ClN2O3/c1-11-8-13(18)6-7-15(11)22-10-16-19-20-17(23-16)12-4-3-5-14(9-12)21-2/h3-9H,10H2,1-2H3. The lowest BCUT2D eigenvalue weighted by Gasteiger charge is -2.06. The first-order valence-corrected chi connectivity index (χ1v) is 7.39. The smallest absolute Gasteiger partial charge is 0.254 e. The summed E-state index contributed by atoms with van der Waals surface area (Å²) in [6, 6.07) is 12.9. The van der Waals surface area contributed by atoms with Gasteiger partial charge in [-0.3, -0.25) is 0 Å². The Hall–Kier alpha value is -2.53. The Balaban J connectivity index is 1.72. The van der Waals surface area contributed by atoms with E-state index in [1.807, 2.05) is 43.3 Å². The molecule has 0 atom stereocenters. The molecule has 0 aliphatic rings. The lowest BCUT2D eigenvalue weighted by molar-refractivity contribution is 0.263. The molecule has 0 saturated carbocycles. The van der Waals surface area contributed by atoms with Crippen molar-refractivity contribution in [2.45, 2.75) is 13.5 Å². The molecule has 6 heteroatoms. The third-order valence-corrected chi connectivity index (χ3v) is 3.51. The van der Waals surface area contributed by atoms with Crippen LogP contribution in [0, 0.1) is 6.92 Å². The molecule has 0 amide bonds. The van der Waals surface area contributed by atoms with Crippen LogP contribution < -0.4 is 9.47 Å². The Bertz CT molecular complexity index is 817. The topological polar surface area (TPSA) is 57.4 Å². The Kier molecular flexibility index (Phi) is 4.48. The average molecular weight is 331 g/mol. The molecule has 1 heterocycles. The quantitative estimate of drug-likeness (QED) is 0.698. The Morgan fingerprint density at radius 2 is 2.00 bits per heavy atom. The molecule has 1 aromatic heterocycles. The van der Waals surface area contributed by atoms with Crippen molar-refractivity contribution in [1.82, 2.24) is 10.2 Å². The molecule has 0 radical (unpaired) electrons. The van der Waals surface area contributed by atoms with E-state index in [9.17, 15) is 0 Å². The maximum atomic E-state index is 5.92. The summed E-state index contributed by atoms with van der Waals surface area (Å²) < 4.78 is 16.5. The molecule has 118 valence electrons. The Morgan fingerprint density at radius 3 is 2.78 bits per heavy atom. The number of ether oxygens (including phenoxy) is 2. The van der Waals surface area contributed by atoms with E-state index >= 15 is 0 Å². The van der Waals surface area contributed by atoms with E-state index in [0.717, 1.165) is 22.6 Å². The van der Waals surface area contributed by atoms with Gasteiger partial charge in [-0.2, -0.15) is 0 Å². The van der Waals surface area contributed by atoms with E-state index in [1.54, 1.807) is 13.2 Å². The molecule has 0 saturated heterocycles. The van der Waals surface area contributed by atoms with Gasteiger partial charge in [0.15, 0.2) is 6.61 Å². The third kappa shape index (κ3) is 3.63. The molecule has 0 unspecified atom stereocenters. The van der Waals surface area contributed by atoms with Gasteiger partial charge >= 0.3 is 0 Å². The number of aromatic nitrogens is 2. The predicted molar refractivity (Wildman–Crippen MR) is 86.8 cm³/mol. The van der Waals surface area contributed by atoms with Crippen LogP contribution in [-0.4, -0.2) is 17.3 Å². The van der Waals surface area contributed by atoms with Crippen molar-refractivity contribution >= 4 is 11.6 Å². The summed E-state index contributed by atoms with van der Waals surface area (Å²) >= 11 is 5.92. The zero-order chi connectivity index (χ0) is 16.2. The van der Waals surface area contributed by atoms with Gasteiger partial charge in [0.05, 0.1) is 7.11 Å². The largest absolute Gasteiger partial charge is 0.497 e. The van der Waals surface area contributed by atoms with Crippen molar-refractivity contribution in [2.24, 2.45) is 0 Å². The highest BCUT2D eigenvalue weighted by molar-refractivity contribution is 6.30. The maximum absolute atomic E-state index is 5.92. The van der Waals surface area contributed by atoms with Crippen LogP contribution in [0.1, 0.15) is 11.5 Å². The normalized spacial score (nSPS) is 10.6. The maximum Gasteiger partial charge on any atom is 0.254 e. The summed E-state index contributed by atoms with van der Waals surface area (Å²) in [4.78, 5) is 0. The van der Waals surface area contributed by atoms with Crippen LogP contribution in [0.5, 0.6) is 11.5 Å².